The molecule has 0 bridgehead atoms. The van der Waals surface area contributed by atoms with Gasteiger partial charge in [-0.25, -0.2) is 4.98 Å². The Hall–Kier alpha value is -3.03. The van der Waals surface area contributed by atoms with Gasteiger partial charge in [-0.05, 0) is 25.1 Å². The lowest BCUT2D eigenvalue weighted by molar-refractivity contribution is -0.137. The summed E-state index contributed by atoms with van der Waals surface area (Å²) in [6, 6.07) is 4.67. The number of benzene rings is 1. The van der Waals surface area contributed by atoms with Gasteiger partial charge < -0.3 is 24.3 Å². The molecule has 8 nitrogen and oxygen atoms in total. The van der Waals surface area contributed by atoms with E-state index < -0.39 is 17.9 Å². The Morgan fingerprint density at radius 2 is 2.04 bits per heavy atom. The van der Waals surface area contributed by atoms with Gasteiger partial charge in [0, 0.05) is 11.6 Å². The smallest absolute Gasteiger partial charge is 0.305 e. The molecule has 0 saturated carbocycles. The van der Waals surface area contributed by atoms with Gasteiger partial charge in [0.15, 0.2) is 29.3 Å². The van der Waals surface area contributed by atoms with Gasteiger partial charge in [0.25, 0.3) is 5.91 Å². The molecule has 2 N–H and O–H groups in total. The molecule has 1 aliphatic heterocycles. The minimum atomic E-state index is -0.991. The van der Waals surface area contributed by atoms with Crippen molar-refractivity contribution in [2.45, 2.75) is 19.4 Å². The van der Waals surface area contributed by atoms with Crippen LogP contribution in [-0.4, -0.2) is 41.2 Å². The first kappa shape index (κ1) is 15.9. The fourth-order valence-electron chi connectivity index (χ4n) is 2.40. The summed E-state index contributed by atoms with van der Waals surface area (Å²) in [6.45, 7) is 2.55. The molecule has 1 amide bonds. The number of oxazole rings is 1. The van der Waals surface area contributed by atoms with E-state index in [4.69, 9.17) is 19.0 Å². The summed E-state index contributed by atoms with van der Waals surface area (Å²) in [5.41, 5.74) is 0.705. The van der Waals surface area contributed by atoms with Gasteiger partial charge in [0.05, 0.1) is 6.42 Å². The van der Waals surface area contributed by atoms with Crippen LogP contribution in [0.5, 0.6) is 11.5 Å². The molecule has 8 heteroatoms. The Bertz CT molecular complexity index is 770. The topological polar surface area (TPSA) is 111 Å². The summed E-state index contributed by atoms with van der Waals surface area (Å²) in [4.78, 5) is 26.9. The van der Waals surface area contributed by atoms with Crippen LogP contribution in [0.3, 0.4) is 0 Å². The van der Waals surface area contributed by atoms with Gasteiger partial charge in [-0.2, -0.15) is 0 Å². The van der Waals surface area contributed by atoms with Crippen molar-refractivity contribution in [2.75, 3.05) is 13.2 Å². The first-order valence-electron chi connectivity index (χ1n) is 7.40. The molecule has 24 heavy (non-hydrogen) atoms. The SMILES string of the molecule is CC(CC(=O)O)NC(=O)c1ncoc1-c1ccc2c(c1)OCCO2. The molecule has 1 aromatic heterocycles. The number of aliphatic carboxylic acids is 1. The van der Waals surface area contributed by atoms with Crippen LogP contribution in [0, 0.1) is 0 Å². The first-order valence-corrected chi connectivity index (χ1v) is 7.40. The molecule has 0 aliphatic carbocycles. The van der Waals surface area contributed by atoms with Crippen molar-refractivity contribution in [3.05, 3.63) is 30.3 Å². The predicted molar refractivity (Wildman–Crippen MR) is 82.1 cm³/mol. The number of rotatable bonds is 5. The lowest BCUT2D eigenvalue weighted by Gasteiger charge is -2.18. The third-order valence-corrected chi connectivity index (χ3v) is 3.45. The van der Waals surface area contributed by atoms with E-state index in [0.29, 0.717) is 30.3 Å². The highest BCUT2D eigenvalue weighted by atomic mass is 16.6. The van der Waals surface area contributed by atoms with Gasteiger partial charge in [-0.15, -0.1) is 0 Å². The van der Waals surface area contributed by atoms with Crippen molar-refractivity contribution in [1.82, 2.24) is 10.3 Å². The van der Waals surface area contributed by atoms with E-state index in [0.717, 1.165) is 0 Å². The molecule has 3 rings (SSSR count). The maximum atomic E-state index is 12.3. The molecule has 0 spiro atoms. The Morgan fingerprint density at radius 3 is 2.79 bits per heavy atom. The zero-order valence-corrected chi connectivity index (χ0v) is 12.9. The molecule has 0 saturated heterocycles. The average Bonchev–Trinajstić information content (AvgIpc) is 3.03. The zero-order chi connectivity index (χ0) is 17.1. The molecule has 1 aromatic carbocycles. The van der Waals surface area contributed by atoms with E-state index in [1.54, 1.807) is 25.1 Å². The summed E-state index contributed by atoms with van der Waals surface area (Å²) in [6.07, 6.45) is 0.992. The van der Waals surface area contributed by atoms with Crippen LogP contribution in [0.25, 0.3) is 11.3 Å². The fraction of sp³-hybridized carbons (Fsp3) is 0.312. The van der Waals surface area contributed by atoms with E-state index >= 15 is 0 Å². The number of carboxylic acids is 1. The van der Waals surface area contributed by atoms with Crippen molar-refractivity contribution in [2.24, 2.45) is 0 Å². The normalized spacial score (nSPS) is 14.0. The Morgan fingerprint density at radius 1 is 1.29 bits per heavy atom. The number of ether oxygens (including phenoxy) is 2. The molecular formula is C16H16N2O6. The largest absolute Gasteiger partial charge is 0.486 e. The third kappa shape index (κ3) is 3.32. The summed E-state index contributed by atoms with van der Waals surface area (Å²) in [5.74, 6) is -0.00393. The molecule has 2 aromatic rings. The minimum absolute atomic E-state index is 0.0870. The van der Waals surface area contributed by atoms with Gasteiger partial charge in [0.1, 0.15) is 13.2 Å². The second kappa shape index (κ2) is 6.61. The number of carbonyl (C=O) groups excluding carboxylic acids is 1. The molecule has 0 fully saturated rings. The van der Waals surface area contributed by atoms with Crippen LogP contribution < -0.4 is 14.8 Å². The van der Waals surface area contributed by atoms with E-state index in [-0.39, 0.29) is 17.9 Å². The van der Waals surface area contributed by atoms with Gasteiger partial charge >= 0.3 is 5.97 Å². The lowest BCUT2D eigenvalue weighted by atomic mass is 10.1. The highest BCUT2D eigenvalue weighted by molar-refractivity contribution is 5.98. The number of carbonyl (C=O) groups is 2. The highest BCUT2D eigenvalue weighted by Crippen LogP contribution is 2.35. The van der Waals surface area contributed by atoms with Crippen molar-refractivity contribution < 1.29 is 28.6 Å². The van der Waals surface area contributed by atoms with Crippen molar-refractivity contribution in [3.63, 3.8) is 0 Å². The van der Waals surface area contributed by atoms with Crippen LogP contribution in [0.2, 0.25) is 0 Å². The van der Waals surface area contributed by atoms with Crippen molar-refractivity contribution in [1.29, 1.82) is 0 Å². The summed E-state index contributed by atoms with van der Waals surface area (Å²) in [5, 5.41) is 11.3. The number of carboxylic acid groups (broad SMARTS) is 1. The zero-order valence-electron chi connectivity index (χ0n) is 12.9. The fourth-order valence-corrected chi connectivity index (χ4v) is 2.40. The molecule has 1 aliphatic rings. The standard InChI is InChI=1S/C16H16N2O6/c1-9(6-13(19)20)18-16(21)14-15(24-8-17-14)10-2-3-11-12(7-10)23-5-4-22-11/h2-3,7-9H,4-6H2,1H3,(H,18,21)(H,19,20). The molecule has 1 atom stereocenters. The Kier molecular flexibility index (Phi) is 4.37. The Balaban J connectivity index is 1.82. The van der Waals surface area contributed by atoms with E-state index in [1.807, 2.05) is 0 Å². The number of hydrogen-bond donors (Lipinski definition) is 2. The van der Waals surface area contributed by atoms with Crippen molar-refractivity contribution in [3.8, 4) is 22.8 Å². The van der Waals surface area contributed by atoms with Gasteiger partial charge in [0.2, 0.25) is 0 Å². The van der Waals surface area contributed by atoms with Crippen LogP contribution in [0.15, 0.2) is 29.0 Å². The van der Waals surface area contributed by atoms with Crippen LogP contribution in [0.4, 0.5) is 0 Å². The Labute approximate surface area is 137 Å². The maximum absolute atomic E-state index is 12.3. The number of fused-ring (bicyclic) bond motifs is 1. The minimum Gasteiger partial charge on any atom is -0.486 e. The predicted octanol–water partition coefficient (Wildman–Crippen LogP) is 1.71. The summed E-state index contributed by atoms with van der Waals surface area (Å²) >= 11 is 0. The number of nitrogens with zero attached hydrogens (tertiary/aromatic N) is 1. The van der Waals surface area contributed by atoms with Crippen LogP contribution >= 0.6 is 0 Å². The molecule has 0 radical (unpaired) electrons. The first-order chi connectivity index (χ1) is 11.5. The third-order valence-electron chi connectivity index (χ3n) is 3.45. The molecule has 126 valence electrons. The van der Waals surface area contributed by atoms with Crippen LogP contribution in [-0.2, 0) is 4.79 Å². The van der Waals surface area contributed by atoms with Crippen LogP contribution in [0.1, 0.15) is 23.8 Å². The second-order valence-corrected chi connectivity index (χ2v) is 5.36. The number of nitrogens with one attached hydrogen (secondary N) is 1. The van der Waals surface area contributed by atoms with Crippen molar-refractivity contribution >= 4 is 11.9 Å². The van der Waals surface area contributed by atoms with E-state index in [2.05, 4.69) is 10.3 Å². The second-order valence-electron chi connectivity index (χ2n) is 5.36. The quantitative estimate of drug-likeness (QED) is 0.857. The van der Waals surface area contributed by atoms with E-state index in [9.17, 15) is 9.59 Å². The van der Waals surface area contributed by atoms with Gasteiger partial charge in [-0.3, -0.25) is 9.59 Å². The number of hydrogen-bond acceptors (Lipinski definition) is 6. The number of aromatic nitrogens is 1. The van der Waals surface area contributed by atoms with Gasteiger partial charge in [-0.1, -0.05) is 0 Å². The monoisotopic (exact) mass is 332 g/mol. The molecule has 1 unspecified atom stereocenters. The summed E-state index contributed by atoms with van der Waals surface area (Å²) in [7, 11) is 0. The average molecular weight is 332 g/mol. The summed E-state index contributed by atoms with van der Waals surface area (Å²) < 4.78 is 16.3. The lowest BCUT2D eigenvalue weighted by Crippen LogP contribution is -2.34. The van der Waals surface area contributed by atoms with E-state index in [1.165, 1.54) is 6.39 Å². The molecule has 2 heterocycles. The maximum Gasteiger partial charge on any atom is 0.305 e. The highest BCUT2D eigenvalue weighted by Gasteiger charge is 2.22. The molecular weight excluding hydrogens is 316 g/mol. The number of amides is 1.